The normalized spacial score (nSPS) is 28.5. The molecule has 0 amide bonds. The molecule has 3 rings (SSSR count). The first kappa shape index (κ1) is 14.7. The van der Waals surface area contributed by atoms with Gasteiger partial charge in [-0.25, -0.2) is 4.79 Å². The minimum absolute atomic E-state index is 0.170. The van der Waals surface area contributed by atoms with E-state index in [1.165, 1.54) is 13.2 Å². The van der Waals surface area contributed by atoms with Crippen LogP contribution in [0.3, 0.4) is 0 Å². The quantitative estimate of drug-likeness (QED) is 0.370. The average Bonchev–Trinajstić information content (AvgIpc) is 3.22. The van der Waals surface area contributed by atoms with Crippen LogP contribution in [0.15, 0.2) is 35.9 Å². The molecular formula is C17H16O5. The molecule has 114 valence electrons. The average molecular weight is 300 g/mol. The van der Waals surface area contributed by atoms with E-state index in [1.807, 2.05) is 13.8 Å². The van der Waals surface area contributed by atoms with Gasteiger partial charge in [-0.05, 0) is 13.8 Å². The smallest absolute Gasteiger partial charge is 0.350 e. The van der Waals surface area contributed by atoms with Gasteiger partial charge < -0.3 is 9.47 Å². The van der Waals surface area contributed by atoms with E-state index < -0.39 is 23.0 Å². The zero-order valence-electron chi connectivity index (χ0n) is 12.6. The summed E-state index contributed by atoms with van der Waals surface area (Å²) < 4.78 is 10.3. The van der Waals surface area contributed by atoms with Crippen molar-refractivity contribution in [3.63, 3.8) is 0 Å². The zero-order valence-corrected chi connectivity index (χ0v) is 12.6. The van der Waals surface area contributed by atoms with E-state index in [-0.39, 0.29) is 17.8 Å². The molecule has 0 aromatic heterocycles. The van der Waals surface area contributed by atoms with Crippen LogP contribution in [-0.2, 0) is 14.3 Å². The van der Waals surface area contributed by atoms with Crippen LogP contribution in [0.25, 0.3) is 0 Å². The largest absolute Gasteiger partial charge is 0.466 e. The molecule has 1 saturated heterocycles. The lowest BCUT2D eigenvalue weighted by Gasteiger charge is -2.22. The van der Waals surface area contributed by atoms with Gasteiger partial charge in [0.2, 0.25) is 5.78 Å². The van der Waals surface area contributed by atoms with Gasteiger partial charge in [0, 0.05) is 17.5 Å². The number of hydrogen-bond acceptors (Lipinski definition) is 5. The van der Waals surface area contributed by atoms with Crippen LogP contribution >= 0.6 is 0 Å². The standard InChI is InChI=1S/C17H16O5/c1-10(2)8-9-16-13(18)11-6-4-5-7-12(11)14(19)17(16,22-16)15(20)21-3/h4-8H,9H2,1-3H3. The van der Waals surface area contributed by atoms with E-state index in [2.05, 4.69) is 0 Å². The first-order valence-corrected chi connectivity index (χ1v) is 7.01. The number of methoxy groups -OCH3 is 1. The van der Waals surface area contributed by atoms with Gasteiger partial charge in [-0.15, -0.1) is 0 Å². The number of benzene rings is 1. The molecular weight excluding hydrogens is 284 g/mol. The van der Waals surface area contributed by atoms with Gasteiger partial charge in [-0.3, -0.25) is 9.59 Å². The van der Waals surface area contributed by atoms with Crippen LogP contribution in [-0.4, -0.2) is 35.8 Å². The number of ketones is 2. The van der Waals surface area contributed by atoms with E-state index in [4.69, 9.17) is 9.47 Å². The lowest BCUT2D eigenvalue weighted by molar-refractivity contribution is -0.145. The Balaban J connectivity index is 2.18. The molecule has 2 aliphatic rings. The van der Waals surface area contributed by atoms with E-state index in [0.29, 0.717) is 5.56 Å². The molecule has 5 nitrogen and oxygen atoms in total. The zero-order chi connectivity index (χ0) is 16.1. The van der Waals surface area contributed by atoms with Crippen LogP contribution in [0, 0.1) is 0 Å². The van der Waals surface area contributed by atoms with Crippen molar-refractivity contribution in [3.8, 4) is 0 Å². The number of hydrogen-bond donors (Lipinski definition) is 0. The molecule has 1 aromatic carbocycles. The highest BCUT2D eigenvalue weighted by atomic mass is 16.7. The fourth-order valence-corrected chi connectivity index (χ4v) is 3.03. The molecule has 2 unspecified atom stereocenters. The van der Waals surface area contributed by atoms with Crippen LogP contribution in [0.1, 0.15) is 41.0 Å². The van der Waals surface area contributed by atoms with Crippen LogP contribution in [0.5, 0.6) is 0 Å². The summed E-state index contributed by atoms with van der Waals surface area (Å²) in [7, 11) is 1.18. The molecule has 0 bridgehead atoms. The molecule has 22 heavy (non-hydrogen) atoms. The Morgan fingerprint density at radius 3 is 2.32 bits per heavy atom. The fraction of sp³-hybridized carbons (Fsp3) is 0.353. The summed E-state index contributed by atoms with van der Waals surface area (Å²) in [6.07, 6.45) is 1.97. The minimum Gasteiger partial charge on any atom is -0.466 e. The lowest BCUT2D eigenvalue weighted by Crippen LogP contribution is -2.50. The van der Waals surface area contributed by atoms with Crippen molar-refractivity contribution in [2.75, 3.05) is 7.11 Å². The SMILES string of the molecule is COC(=O)C12OC1(CC=C(C)C)C(=O)c1ccccc1C2=O. The summed E-state index contributed by atoms with van der Waals surface area (Å²) in [5.41, 5.74) is -1.82. The third-order valence-corrected chi connectivity index (χ3v) is 4.23. The number of rotatable bonds is 3. The maximum Gasteiger partial charge on any atom is 0.350 e. The van der Waals surface area contributed by atoms with E-state index >= 15 is 0 Å². The molecule has 0 radical (unpaired) electrons. The number of allylic oxidation sites excluding steroid dienone is 1. The summed E-state index contributed by atoms with van der Waals surface area (Å²) in [5, 5.41) is 0. The highest BCUT2D eigenvalue weighted by Crippen LogP contribution is 2.58. The van der Waals surface area contributed by atoms with E-state index in [9.17, 15) is 14.4 Å². The molecule has 0 saturated carbocycles. The van der Waals surface area contributed by atoms with Gasteiger partial charge in [-0.2, -0.15) is 0 Å². The Kier molecular flexibility index (Phi) is 3.07. The summed E-state index contributed by atoms with van der Waals surface area (Å²) in [6, 6.07) is 6.46. The second-order valence-electron chi connectivity index (χ2n) is 5.79. The molecule has 5 heteroatoms. The van der Waals surface area contributed by atoms with Crippen molar-refractivity contribution in [2.45, 2.75) is 31.5 Å². The minimum atomic E-state index is -1.83. The van der Waals surface area contributed by atoms with Gasteiger partial charge in [0.25, 0.3) is 5.60 Å². The number of epoxide rings is 1. The first-order valence-electron chi connectivity index (χ1n) is 7.01. The fourth-order valence-electron chi connectivity index (χ4n) is 3.03. The van der Waals surface area contributed by atoms with Crippen molar-refractivity contribution in [2.24, 2.45) is 0 Å². The van der Waals surface area contributed by atoms with Gasteiger partial charge in [0.15, 0.2) is 11.4 Å². The molecule has 1 heterocycles. The van der Waals surface area contributed by atoms with E-state index in [0.717, 1.165) is 5.57 Å². The van der Waals surface area contributed by atoms with Crippen LogP contribution in [0.4, 0.5) is 0 Å². The monoisotopic (exact) mass is 300 g/mol. The molecule has 2 atom stereocenters. The van der Waals surface area contributed by atoms with Crippen molar-refractivity contribution >= 4 is 17.5 Å². The predicted molar refractivity (Wildman–Crippen MR) is 77.7 cm³/mol. The molecule has 1 aliphatic carbocycles. The Hall–Kier alpha value is -2.27. The topological polar surface area (TPSA) is 73.0 Å². The number of ether oxygens (including phenoxy) is 2. The number of fused-ring (bicyclic) bond motifs is 2. The van der Waals surface area contributed by atoms with Crippen LogP contribution < -0.4 is 0 Å². The summed E-state index contributed by atoms with van der Waals surface area (Å²) in [5.74, 6) is -1.66. The van der Waals surface area contributed by atoms with Crippen molar-refractivity contribution in [3.05, 3.63) is 47.0 Å². The molecule has 1 aromatic rings. The predicted octanol–water partition coefficient (Wildman–Crippen LogP) is 2.10. The Morgan fingerprint density at radius 1 is 1.18 bits per heavy atom. The van der Waals surface area contributed by atoms with Crippen molar-refractivity contribution in [1.82, 2.24) is 0 Å². The van der Waals surface area contributed by atoms with Crippen molar-refractivity contribution < 1.29 is 23.9 Å². The second kappa shape index (κ2) is 4.61. The van der Waals surface area contributed by atoms with Gasteiger partial charge in [0.05, 0.1) is 7.11 Å². The molecule has 0 spiro atoms. The Labute approximate surface area is 127 Å². The Bertz CT molecular complexity index is 728. The lowest BCUT2D eigenvalue weighted by atomic mass is 9.72. The highest BCUT2D eigenvalue weighted by molar-refractivity contribution is 6.32. The molecule has 1 aliphatic heterocycles. The number of esters is 1. The van der Waals surface area contributed by atoms with Gasteiger partial charge >= 0.3 is 5.97 Å². The van der Waals surface area contributed by atoms with Crippen molar-refractivity contribution in [1.29, 1.82) is 0 Å². The summed E-state index contributed by atoms with van der Waals surface area (Å²) in [4.78, 5) is 37.8. The summed E-state index contributed by atoms with van der Waals surface area (Å²) >= 11 is 0. The maximum absolute atomic E-state index is 12.8. The third-order valence-electron chi connectivity index (χ3n) is 4.23. The number of carbonyl (C=O) groups excluding carboxylic acids is 3. The third kappa shape index (κ3) is 1.60. The maximum atomic E-state index is 12.8. The van der Waals surface area contributed by atoms with Crippen LogP contribution in [0.2, 0.25) is 0 Å². The highest BCUT2D eigenvalue weighted by Gasteiger charge is 2.85. The first-order chi connectivity index (χ1) is 10.4. The number of Topliss-reactive ketones (excluding diaryl/α,β-unsaturated/α-hetero) is 2. The van der Waals surface area contributed by atoms with Gasteiger partial charge in [-0.1, -0.05) is 35.9 Å². The second-order valence-corrected chi connectivity index (χ2v) is 5.79. The molecule has 0 N–H and O–H groups in total. The number of carbonyl (C=O) groups is 3. The molecule has 1 fully saturated rings. The van der Waals surface area contributed by atoms with Gasteiger partial charge in [0.1, 0.15) is 0 Å². The Morgan fingerprint density at radius 2 is 1.77 bits per heavy atom. The summed E-state index contributed by atoms with van der Waals surface area (Å²) in [6.45, 7) is 3.75. The van der Waals surface area contributed by atoms with E-state index in [1.54, 1.807) is 24.3 Å².